The fraction of sp³-hybridized carbons (Fsp3) is 0.444. The minimum Gasteiger partial charge on any atom is -0.486 e. The smallest absolute Gasteiger partial charge is 0.273 e. The van der Waals surface area contributed by atoms with Crippen LogP contribution in [0.1, 0.15) is 40.6 Å². The first-order valence-electron chi connectivity index (χ1n) is 8.72. The molecule has 0 aliphatic carbocycles. The van der Waals surface area contributed by atoms with Crippen molar-refractivity contribution in [3.63, 3.8) is 0 Å². The molecule has 1 aromatic heterocycles. The van der Waals surface area contributed by atoms with Gasteiger partial charge in [-0.1, -0.05) is 11.6 Å². The maximum Gasteiger partial charge on any atom is 0.273 e. The van der Waals surface area contributed by atoms with Gasteiger partial charge in [0.1, 0.15) is 19.0 Å². The highest BCUT2D eigenvalue weighted by molar-refractivity contribution is 6.32. The van der Waals surface area contributed by atoms with E-state index in [2.05, 4.69) is 15.6 Å². The van der Waals surface area contributed by atoms with Gasteiger partial charge in [-0.15, -0.1) is 0 Å². The van der Waals surface area contributed by atoms with Crippen molar-refractivity contribution in [3.05, 3.63) is 40.6 Å². The Labute approximate surface area is 156 Å². The zero-order valence-corrected chi connectivity index (χ0v) is 15.0. The average molecular weight is 378 g/mol. The highest BCUT2D eigenvalue weighted by atomic mass is 35.5. The van der Waals surface area contributed by atoms with Crippen LogP contribution in [0.5, 0.6) is 11.5 Å². The summed E-state index contributed by atoms with van der Waals surface area (Å²) in [6.07, 6.45) is 3.22. The van der Waals surface area contributed by atoms with Crippen LogP contribution in [-0.4, -0.2) is 37.2 Å². The number of piperidine rings is 1. The van der Waals surface area contributed by atoms with E-state index in [1.54, 1.807) is 6.07 Å². The summed E-state index contributed by atoms with van der Waals surface area (Å²) in [6.45, 7) is 3.12. The fourth-order valence-electron chi connectivity index (χ4n) is 3.33. The van der Waals surface area contributed by atoms with Crippen LogP contribution >= 0.6 is 11.6 Å². The zero-order chi connectivity index (χ0) is 17.9. The van der Waals surface area contributed by atoms with Gasteiger partial charge in [0.15, 0.2) is 23.6 Å². The number of carbonyl (C=O) groups is 1. The number of halogens is 1. The molecule has 1 amide bonds. The Balaban J connectivity index is 1.45. The van der Waals surface area contributed by atoms with Crippen molar-refractivity contribution >= 4 is 17.5 Å². The topological polar surface area (TPSA) is 85.6 Å². The number of rotatable bonds is 4. The number of aromatic nitrogens is 1. The molecule has 2 aromatic rings. The van der Waals surface area contributed by atoms with Crippen LogP contribution < -0.4 is 20.1 Å². The van der Waals surface area contributed by atoms with E-state index in [0.29, 0.717) is 47.7 Å². The van der Waals surface area contributed by atoms with Crippen molar-refractivity contribution in [2.24, 2.45) is 0 Å². The van der Waals surface area contributed by atoms with Gasteiger partial charge in [0.25, 0.3) is 5.91 Å². The van der Waals surface area contributed by atoms with Crippen LogP contribution in [0.3, 0.4) is 0 Å². The molecule has 2 N–H and O–H groups in total. The van der Waals surface area contributed by atoms with Crippen molar-refractivity contribution < 1.29 is 18.7 Å². The average Bonchev–Trinajstić information content (AvgIpc) is 3.17. The summed E-state index contributed by atoms with van der Waals surface area (Å²) in [7, 11) is 0. The summed E-state index contributed by atoms with van der Waals surface area (Å²) in [6, 6.07) is 3.60. The Morgan fingerprint density at radius 1 is 1.27 bits per heavy atom. The molecule has 0 atom stereocenters. The molecule has 2 aliphatic heterocycles. The van der Waals surface area contributed by atoms with Crippen LogP contribution in [0.25, 0.3) is 0 Å². The SMILES string of the molecule is O=C(NCc1cc(Cl)c2c(c1)OCCO2)c1ncoc1C1CCNCC1. The van der Waals surface area contributed by atoms with E-state index in [4.69, 9.17) is 25.5 Å². The molecule has 7 nitrogen and oxygen atoms in total. The van der Waals surface area contributed by atoms with E-state index in [1.807, 2.05) is 6.07 Å². The normalized spacial score (nSPS) is 17.1. The molecule has 8 heteroatoms. The van der Waals surface area contributed by atoms with E-state index in [0.717, 1.165) is 31.5 Å². The number of fused-ring (bicyclic) bond motifs is 1. The Morgan fingerprint density at radius 2 is 2.08 bits per heavy atom. The summed E-state index contributed by atoms with van der Waals surface area (Å²) in [5, 5.41) is 6.66. The van der Waals surface area contributed by atoms with E-state index in [9.17, 15) is 4.79 Å². The van der Waals surface area contributed by atoms with Crippen molar-refractivity contribution in [2.75, 3.05) is 26.3 Å². The largest absolute Gasteiger partial charge is 0.486 e. The van der Waals surface area contributed by atoms with Crippen LogP contribution in [0, 0.1) is 0 Å². The Kier molecular flexibility index (Phi) is 4.99. The third kappa shape index (κ3) is 3.50. The summed E-state index contributed by atoms with van der Waals surface area (Å²) in [5.74, 6) is 1.80. The Bertz CT molecular complexity index is 802. The maximum absolute atomic E-state index is 12.6. The van der Waals surface area contributed by atoms with Gasteiger partial charge < -0.3 is 24.5 Å². The number of carbonyl (C=O) groups excluding carboxylic acids is 1. The molecule has 1 aromatic carbocycles. The second kappa shape index (κ2) is 7.55. The van der Waals surface area contributed by atoms with Gasteiger partial charge in [-0.25, -0.2) is 4.98 Å². The number of benzene rings is 1. The molecule has 1 fully saturated rings. The second-order valence-electron chi connectivity index (χ2n) is 6.37. The monoisotopic (exact) mass is 377 g/mol. The molecular formula is C18H20ClN3O4. The molecule has 1 saturated heterocycles. The number of nitrogens with zero attached hydrogens (tertiary/aromatic N) is 1. The predicted molar refractivity (Wildman–Crippen MR) is 95.0 cm³/mol. The minimum atomic E-state index is -0.252. The third-order valence-electron chi connectivity index (χ3n) is 4.63. The second-order valence-corrected chi connectivity index (χ2v) is 6.78. The molecule has 4 rings (SSSR count). The first-order chi connectivity index (χ1) is 12.7. The van der Waals surface area contributed by atoms with E-state index < -0.39 is 0 Å². The molecule has 2 aliphatic rings. The summed E-state index contributed by atoms with van der Waals surface area (Å²) in [4.78, 5) is 16.7. The van der Waals surface area contributed by atoms with Crippen LogP contribution in [0.15, 0.2) is 22.9 Å². The van der Waals surface area contributed by atoms with E-state index >= 15 is 0 Å². The Hall–Kier alpha value is -2.25. The quantitative estimate of drug-likeness (QED) is 0.851. The van der Waals surface area contributed by atoms with Gasteiger partial charge in [0.05, 0.1) is 5.02 Å². The van der Waals surface area contributed by atoms with Crippen LogP contribution in [-0.2, 0) is 6.54 Å². The fourth-order valence-corrected chi connectivity index (χ4v) is 3.62. The molecule has 26 heavy (non-hydrogen) atoms. The summed E-state index contributed by atoms with van der Waals surface area (Å²) >= 11 is 6.24. The standard InChI is InChI=1S/C18H20ClN3O4/c19-13-7-11(8-14-17(13)25-6-5-24-14)9-21-18(23)15-16(26-10-22-15)12-1-3-20-4-2-12/h7-8,10,12,20H,1-6,9H2,(H,21,23). The number of amides is 1. The number of hydrogen-bond acceptors (Lipinski definition) is 6. The van der Waals surface area contributed by atoms with Crippen LogP contribution in [0.2, 0.25) is 5.02 Å². The van der Waals surface area contributed by atoms with Gasteiger partial charge in [0, 0.05) is 12.5 Å². The summed E-state index contributed by atoms with van der Waals surface area (Å²) in [5.41, 5.74) is 1.19. The number of hydrogen-bond donors (Lipinski definition) is 2. The van der Waals surface area contributed by atoms with Gasteiger partial charge in [-0.3, -0.25) is 4.79 Å². The molecule has 0 unspecified atom stereocenters. The van der Waals surface area contributed by atoms with Gasteiger partial charge in [-0.05, 0) is 43.6 Å². The number of oxazole rings is 1. The number of ether oxygens (including phenoxy) is 2. The van der Waals surface area contributed by atoms with Crippen molar-refractivity contribution in [1.82, 2.24) is 15.6 Å². The molecular weight excluding hydrogens is 358 g/mol. The van der Waals surface area contributed by atoms with Crippen molar-refractivity contribution in [1.29, 1.82) is 0 Å². The van der Waals surface area contributed by atoms with Gasteiger partial charge >= 0.3 is 0 Å². The third-order valence-corrected chi connectivity index (χ3v) is 4.91. The lowest BCUT2D eigenvalue weighted by molar-refractivity contribution is 0.0943. The van der Waals surface area contributed by atoms with E-state index in [-0.39, 0.29) is 11.8 Å². The highest BCUT2D eigenvalue weighted by Crippen LogP contribution is 2.38. The molecule has 3 heterocycles. The van der Waals surface area contributed by atoms with Crippen molar-refractivity contribution in [2.45, 2.75) is 25.3 Å². The molecule has 0 bridgehead atoms. The highest BCUT2D eigenvalue weighted by Gasteiger charge is 2.26. The lowest BCUT2D eigenvalue weighted by Gasteiger charge is -2.21. The summed E-state index contributed by atoms with van der Waals surface area (Å²) < 4.78 is 16.6. The molecule has 138 valence electrons. The maximum atomic E-state index is 12.6. The first-order valence-corrected chi connectivity index (χ1v) is 9.10. The van der Waals surface area contributed by atoms with Gasteiger partial charge in [0.2, 0.25) is 0 Å². The number of nitrogens with one attached hydrogen (secondary N) is 2. The molecule has 0 radical (unpaired) electrons. The zero-order valence-electron chi connectivity index (χ0n) is 14.2. The van der Waals surface area contributed by atoms with Crippen molar-refractivity contribution in [3.8, 4) is 11.5 Å². The minimum absolute atomic E-state index is 0.225. The lowest BCUT2D eigenvalue weighted by atomic mass is 9.94. The molecule has 0 spiro atoms. The van der Waals surface area contributed by atoms with E-state index in [1.165, 1.54) is 6.39 Å². The van der Waals surface area contributed by atoms with Gasteiger partial charge in [-0.2, -0.15) is 0 Å². The lowest BCUT2D eigenvalue weighted by Crippen LogP contribution is -2.29. The first kappa shape index (κ1) is 17.2. The predicted octanol–water partition coefficient (Wildman–Crippen LogP) is 2.50. The van der Waals surface area contributed by atoms with Crippen LogP contribution in [0.4, 0.5) is 0 Å². The molecule has 0 saturated carbocycles. The Morgan fingerprint density at radius 3 is 2.92 bits per heavy atom.